The molecule has 0 heterocycles. The summed E-state index contributed by atoms with van der Waals surface area (Å²) < 4.78 is 0. The Balaban J connectivity index is 2.19. The van der Waals surface area contributed by atoms with Gasteiger partial charge in [-0.25, -0.2) is 0 Å². The zero-order valence-corrected chi connectivity index (χ0v) is 11.3. The topological polar surface area (TPSA) is 49.3 Å². The van der Waals surface area contributed by atoms with Gasteiger partial charge in [0.1, 0.15) is 0 Å². The van der Waals surface area contributed by atoms with E-state index in [0.717, 1.165) is 6.42 Å². The number of nitrogens with one attached hydrogen (secondary N) is 1. The number of rotatable bonds is 6. The van der Waals surface area contributed by atoms with Crippen molar-refractivity contribution in [3.63, 3.8) is 0 Å². The zero-order chi connectivity index (χ0) is 12.7. The van der Waals surface area contributed by atoms with E-state index in [0.29, 0.717) is 19.4 Å². The van der Waals surface area contributed by atoms with E-state index >= 15 is 0 Å². The van der Waals surface area contributed by atoms with Crippen LogP contribution in [0.3, 0.4) is 0 Å². The van der Waals surface area contributed by atoms with E-state index < -0.39 is 0 Å². The van der Waals surface area contributed by atoms with Crippen molar-refractivity contribution in [2.24, 2.45) is 5.41 Å². The van der Waals surface area contributed by atoms with Gasteiger partial charge in [-0.05, 0) is 31.1 Å². The Labute approximate surface area is 105 Å². The van der Waals surface area contributed by atoms with Crippen LogP contribution >= 0.6 is 0 Å². The van der Waals surface area contributed by atoms with Crippen molar-refractivity contribution < 1.29 is 9.90 Å². The first-order valence-electron chi connectivity index (χ1n) is 7.00. The minimum atomic E-state index is -0.277. The quantitative estimate of drug-likeness (QED) is 0.751. The predicted octanol–water partition coefficient (Wildman–Crippen LogP) is 2.62. The molecule has 0 radical (unpaired) electrons. The van der Waals surface area contributed by atoms with Crippen LogP contribution in [0.4, 0.5) is 0 Å². The average molecular weight is 241 g/mol. The number of hydrogen-bond acceptors (Lipinski definition) is 2. The molecule has 1 amide bonds. The largest absolute Gasteiger partial charge is 0.393 e. The minimum Gasteiger partial charge on any atom is -0.393 e. The second kappa shape index (κ2) is 7.00. The molecule has 3 heteroatoms. The Bertz CT molecular complexity index is 234. The molecule has 1 unspecified atom stereocenters. The Morgan fingerprint density at radius 2 is 2.00 bits per heavy atom. The van der Waals surface area contributed by atoms with Gasteiger partial charge in [-0.1, -0.05) is 33.1 Å². The lowest BCUT2D eigenvalue weighted by Crippen LogP contribution is -2.33. The maximum Gasteiger partial charge on any atom is 0.220 e. The second-order valence-corrected chi connectivity index (χ2v) is 5.75. The first-order valence-corrected chi connectivity index (χ1v) is 7.00. The van der Waals surface area contributed by atoms with Crippen LogP contribution in [0.1, 0.15) is 65.2 Å². The van der Waals surface area contributed by atoms with Crippen LogP contribution in [0.15, 0.2) is 0 Å². The van der Waals surface area contributed by atoms with Crippen molar-refractivity contribution in [1.82, 2.24) is 5.32 Å². The lowest BCUT2D eigenvalue weighted by molar-refractivity contribution is -0.123. The number of hydrogen-bond donors (Lipinski definition) is 2. The summed E-state index contributed by atoms with van der Waals surface area (Å²) in [4.78, 5) is 11.8. The van der Waals surface area contributed by atoms with Gasteiger partial charge in [-0.3, -0.25) is 4.79 Å². The first-order chi connectivity index (χ1) is 8.06. The van der Waals surface area contributed by atoms with Crippen LogP contribution in [-0.2, 0) is 4.79 Å². The molecule has 0 spiro atoms. The van der Waals surface area contributed by atoms with E-state index in [2.05, 4.69) is 12.2 Å². The van der Waals surface area contributed by atoms with Gasteiger partial charge in [-0.15, -0.1) is 0 Å². The molecule has 17 heavy (non-hydrogen) atoms. The molecule has 1 aliphatic carbocycles. The third kappa shape index (κ3) is 5.53. The zero-order valence-electron chi connectivity index (χ0n) is 11.3. The van der Waals surface area contributed by atoms with E-state index in [1.54, 1.807) is 0 Å². The maximum absolute atomic E-state index is 11.8. The second-order valence-electron chi connectivity index (χ2n) is 5.75. The number of aliphatic hydroxyl groups excluding tert-OH is 1. The normalized spacial score (nSPS) is 20.9. The summed E-state index contributed by atoms with van der Waals surface area (Å²) in [5.41, 5.74) is 0.214. The summed E-state index contributed by atoms with van der Waals surface area (Å²) in [6.07, 6.45) is 7.99. The van der Waals surface area contributed by atoms with Crippen LogP contribution in [0.25, 0.3) is 0 Å². The van der Waals surface area contributed by atoms with E-state index in [1.165, 1.54) is 32.1 Å². The first kappa shape index (κ1) is 14.5. The monoisotopic (exact) mass is 241 g/mol. The molecule has 0 aromatic carbocycles. The fourth-order valence-electron chi connectivity index (χ4n) is 2.61. The van der Waals surface area contributed by atoms with Crippen LogP contribution in [0.2, 0.25) is 0 Å². The number of carbonyl (C=O) groups excluding carboxylic acids is 1. The van der Waals surface area contributed by atoms with Gasteiger partial charge < -0.3 is 10.4 Å². The molecular weight excluding hydrogens is 214 g/mol. The van der Waals surface area contributed by atoms with E-state index in [1.807, 2.05) is 6.92 Å². The smallest absolute Gasteiger partial charge is 0.220 e. The SMILES string of the molecule is CCC(O)CCNC(=O)CC1(C)CCCCC1. The van der Waals surface area contributed by atoms with Crippen LogP contribution < -0.4 is 5.32 Å². The summed E-state index contributed by atoms with van der Waals surface area (Å²) >= 11 is 0. The van der Waals surface area contributed by atoms with Gasteiger partial charge >= 0.3 is 0 Å². The fraction of sp³-hybridized carbons (Fsp3) is 0.929. The van der Waals surface area contributed by atoms with Gasteiger partial charge in [0.05, 0.1) is 6.10 Å². The van der Waals surface area contributed by atoms with Crippen molar-refractivity contribution in [3.8, 4) is 0 Å². The molecule has 0 aromatic rings. The molecule has 1 atom stereocenters. The molecule has 0 saturated heterocycles. The maximum atomic E-state index is 11.8. The molecule has 1 rings (SSSR count). The lowest BCUT2D eigenvalue weighted by Gasteiger charge is -2.32. The van der Waals surface area contributed by atoms with Crippen molar-refractivity contribution in [3.05, 3.63) is 0 Å². The minimum absolute atomic E-state index is 0.151. The van der Waals surface area contributed by atoms with Gasteiger partial charge in [0.15, 0.2) is 0 Å². The molecule has 1 saturated carbocycles. The molecule has 2 N–H and O–H groups in total. The Kier molecular flexibility index (Phi) is 5.96. The summed E-state index contributed by atoms with van der Waals surface area (Å²) in [5, 5.41) is 12.3. The van der Waals surface area contributed by atoms with E-state index in [-0.39, 0.29) is 17.4 Å². The van der Waals surface area contributed by atoms with Gasteiger partial charge in [0.2, 0.25) is 5.91 Å². The van der Waals surface area contributed by atoms with E-state index in [4.69, 9.17) is 0 Å². The van der Waals surface area contributed by atoms with Crippen molar-refractivity contribution in [2.75, 3.05) is 6.54 Å². The summed E-state index contributed by atoms with van der Waals surface area (Å²) in [6.45, 7) is 4.78. The average Bonchev–Trinajstić information content (AvgIpc) is 2.29. The number of amides is 1. The highest BCUT2D eigenvalue weighted by Gasteiger charge is 2.29. The van der Waals surface area contributed by atoms with Crippen molar-refractivity contribution in [2.45, 2.75) is 71.3 Å². The Morgan fingerprint density at radius 1 is 1.35 bits per heavy atom. The molecule has 0 aromatic heterocycles. The van der Waals surface area contributed by atoms with Crippen LogP contribution in [-0.4, -0.2) is 23.7 Å². The molecule has 0 aliphatic heterocycles. The van der Waals surface area contributed by atoms with Gasteiger partial charge in [0.25, 0.3) is 0 Å². The van der Waals surface area contributed by atoms with Gasteiger partial charge in [-0.2, -0.15) is 0 Å². The molecule has 100 valence electrons. The molecule has 1 fully saturated rings. The Hall–Kier alpha value is -0.570. The number of carbonyl (C=O) groups is 1. The predicted molar refractivity (Wildman–Crippen MR) is 69.7 cm³/mol. The fourth-order valence-corrected chi connectivity index (χ4v) is 2.61. The molecule has 0 bridgehead atoms. The third-order valence-corrected chi connectivity index (χ3v) is 3.92. The summed E-state index contributed by atoms with van der Waals surface area (Å²) in [7, 11) is 0. The van der Waals surface area contributed by atoms with E-state index in [9.17, 15) is 9.90 Å². The van der Waals surface area contributed by atoms with Gasteiger partial charge in [0, 0.05) is 13.0 Å². The standard InChI is InChI=1S/C14H27NO2/c1-3-12(16)7-10-15-13(17)11-14(2)8-5-4-6-9-14/h12,16H,3-11H2,1-2H3,(H,15,17). The molecule has 3 nitrogen and oxygen atoms in total. The Morgan fingerprint density at radius 3 is 2.59 bits per heavy atom. The molecular formula is C14H27NO2. The highest BCUT2D eigenvalue weighted by Crippen LogP contribution is 2.38. The highest BCUT2D eigenvalue weighted by molar-refractivity contribution is 5.76. The molecule has 1 aliphatic rings. The van der Waals surface area contributed by atoms with Crippen LogP contribution in [0.5, 0.6) is 0 Å². The van der Waals surface area contributed by atoms with Crippen molar-refractivity contribution >= 4 is 5.91 Å². The third-order valence-electron chi connectivity index (χ3n) is 3.92. The highest BCUT2D eigenvalue weighted by atomic mass is 16.3. The summed E-state index contributed by atoms with van der Waals surface area (Å²) in [6, 6.07) is 0. The lowest BCUT2D eigenvalue weighted by atomic mass is 9.73. The number of aliphatic hydroxyl groups is 1. The van der Waals surface area contributed by atoms with Crippen molar-refractivity contribution in [1.29, 1.82) is 0 Å². The summed E-state index contributed by atoms with van der Waals surface area (Å²) in [5.74, 6) is 0.151. The van der Waals surface area contributed by atoms with Crippen LogP contribution in [0, 0.1) is 5.41 Å².